The van der Waals surface area contributed by atoms with Gasteiger partial charge in [-0.25, -0.2) is 13.5 Å². The summed E-state index contributed by atoms with van der Waals surface area (Å²) in [6.45, 7) is 8.70. The van der Waals surface area contributed by atoms with E-state index in [1.54, 1.807) is 28.9 Å². The van der Waals surface area contributed by atoms with Crippen molar-refractivity contribution in [2.75, 3.05) is 26.3 Å². The Morgan fingerprint density at radius 2 is 1.66 bits per heavy atom. The van der Waals surface area contributed by atoms with Crippen molar-refractivity contribution in [3.8, 4) is 17.3 Å². The molecule has 0 bridgehead atoms. The first-order chi connectivity index (χ1) is 16.9. The van der Waals surface area contributed by atoms with Gasteiger partial charge in [0.25, 0.3) is 0 Å². The molecule has 0 aliphatic heterocycles. The maximum absolute atomic E-state index is 13.5. The molecule has 0 spiro atoms. The summed E-state index contributed by atoms with van der Waals surface area (Å²) in [6.07, 6.45) is 2.30. The van der Waals surface area contributed by atoms with E-state index in [9.17, 15) is 13.9 Å². The summed E-state index contributed by atoms with van der Waals surface area (Å²) < 4.78 is 40.4. The minimum Gasteiger partial charge on any atom is -0.439 e. The van der Waals surface area contributed by atoms with Gasteiger partial charge in [-0.1, -0.05) is 20.3 Å². The number of hydrogen-bond donors (Lipinski definition) is 1. The summed E-state index contributed by atoms with van der Waals surface area (Å²) in [5, 5.41) is 15.2. The molecule has 0 aliphatic carbocycles. The molecule has 0 radical (unpaired) electrons. The number of halogens is 2. The van der Waals surface area contributed by atoms with Crippen LogP contribution in [0.5, 0.6) is 11.6 Å². The number of unbranched alkanes of at least 4 members (excludes halogenated alkanes) is 1. The summed E-state index contributed by atoms with van der Waals surface area (Å²) >= 11 is 0. The van der Waals surface area contributed by atoms with E-state index in [0.717, 1.165) is 37.1 Å². The van der Waals surface area contributed by atoms with Crippen LogP contribution in [0.25, 0.3) is 5.69 Å². The van der Waals surface area contributed by atoms with Crippen LogP contribution >= 0.6 is 0 Å². The molecule has 8 heteroatoms. The highest BCUT2D eigenvalue weighted by Crippen LogP contribution is 2.32. The van der Waals surface area contributed by atoms with Crippen LogP contribution in [0.4, 0.5) is 8.78 Å². The number of aliphatic hydroxyl groups is 1. The Morgan fingerprint density at radius 3 is 2.29 bits per heavy atom. The van der Waals surface area contributed by atoms with Crippen molar-refractivity contribution >= 4 is 0 Å². The lowest BCUT2D eigenvalue weighted by molar-refractivity contribution is 0.0143. The molecule has 1 atom stereocenters. The Kier molecular flexibility index (Phi) is 10.2. The molecule has 3 aromatic rings. The van der Waals surface area contributed by atoms with Crippen molar-refractivity contribution in [1.82, 2.24) is 14.7 Å². The highest BCUT2D eigenvalue weighted by molar-refractivity contribution is 5.43. The second-order valence-corrected chi connectivity index (χ2v) is 8.63. The second-order valence-electron chi connectivity index (χ2n) is 8.63. The highest BCUT2D eigenvalue weighted by Gasteiger charge is 2.22. The average Bonchev–Trinajstić information content (AvgIpc) is 3.13. The first-order valence-electron chi connectivity index (χ1n) is 12.2. The smallest absolute Gasteiger partial charge is 0.227 e. The van der Waals surface area contributed by atoms with Gasteiger partial charge in [0.1, 0.15) is 17.4 Å². The van der Waals surface area contributed by atoms with Crippen molar-refractivity contribution in [3.63, 3.8) is 0 Å². The van der Waals surface area contributed by atoms with Crippen LogP contribution in [-0.4, -0.2) is 52.2 Å². The predicted molar refractivity (Wildman–Crippen MR) is 132 cm³/mol. The van der Waals surface area contributed by atoms with Crippen LogP contribution in [0, 0.1) is 18.6 Å². The van der Waals surface area contributed by atoms with Crippen LogP contribution in [0.1, 0.15) is 44.4 Å². The largest absolute Gasteiger partial charge is 0.439 e. The standard InChI is InChI=1S/C27H35F2N3O3/c1-4-6-16-34-19-24(33)17-31(15-5-2)18-26-20(3)30-32(23-11-7-21(28)8-12-23)27(26)35-25-13-9-22(29)10-14-25/h7-14,24,33H,4-6,15-19H2,1-3H3. The van der Waals surface area contributed by atoms with Crippen LogP contribution in [0.15, 0.2) is 48.5 Å². The van der Waals surface area contributed by atoms with E-state index in [-0.39, 0.29) is 18.2 Å². The van der Waals surface area contributed by atoms with Crippen molar-refractivity contribution in [1.29, 1.82) is 0 Å². The van der Waals surface area contributed by atoms with Gasteiger partial charge >= 0.3 is 0 Å². The van der Waals surface area contributed by atoms with Gasteiger partial charge in [-0.15, -0.1) is 0 Å². The Morgan fingerprint density at radius 1 is 1.00 bits per heavy atom. The second kappa shape index (κ2) is 13.3. The lowest BCUT2D eigenvalue weighted by atomic mass is 10.2. The average molecular weight is 488 g/mol. The van der Waals surface area contributed by atoms with Gasteiger partial charge in [-0.05, 0) is 74.8 Å². The zero-order chi connectivity index (χ0) is 25.2. The normalized spacial score (nSPS) is 12.3. The molecule has 6 nitrogen and oxygen atoms in total. The molecule has 190 valence electrons. The molecule has 1 N–H and O–H groups in total. The lowest BCUT2D eigenvalue weighted by Gasteiger charge is -2.25. The minimum atomic E-state index is -0.618. The van der Waals surface area contributed by atoms with Gasteiger partial charge in [0, 0.05) is 19.7 Å². The van der Waals surface area contributed by atoms with Crippen LogP contribution in [0.2, 0.25) is 0 Å². The Bertz CT molecular complexity index is 1040. The lowest BCUT2D eigenvalue weighted by Crippen LogP contribution is -2.35. The van der Waals surface area contributed by atoms with Gasteiger partial charge in [0.15, 0.2) is 0 Å². The van der Waals surface area contributed by atoms with Gasteiger partial charge < -0.3 is 14.6 Å². The molecule has 0 saturated carbocycles. The number of ether oxygens (including phenoxy) is 2. The molecule has 0 amide bonds. The number of nitrogens with zero attached hydrogens (tertiary/aromatic N) is 3. The van der Waals surface area contributed by atoms with Gasteiger partial charge in [0.05, 0.1) is 29.7 Å². The zero-order valence-electron chi connectivity index (χ0n) is 20.7. The highest BCUT2D eigenvalue weighted by atomic mass is 19.1. The van der Waals surface area contributed by atoms with Crippen molar-refractivity contribution in [2.24, 2.45) is 0 Å². The minimum absolute atomic E-state index is 0.285. The van der Waals surface area contributed by atoms with E-state index < -0.39 is 6.10 Å². The molecule has 1 heterocycles. The van der Waals surface area contributed by atoms with Gasteiger partial charge in [0.2, 0.25) is 5.88 Å². The summed E-state index contributed by atoms with van der Waals surface area (Å²) in [5.74, 6) is 0.228. The quantitative estimate of drug-likeness (QED) is 0.298. The first-order valence-corrected chi connectivity index (χ1v) is 12.2. The van der Waals surface area contributed by atoms with E-state index in [2.05, 4.69) is 23.8 Å². The van der Waals surface area contributed by atoms with E-state index in [1.807, 2.05) is 6.92 Å². The Labute approximate surface area is 206 Å². The number of benzene rings is 2. The Hall–Kier alpha value is -2.81. The molecule has 1 aromatic heterocycles. The summed E-state index contributed by atoms with van der Waals surface area (Å²) in [7, 11) is 0. The third kappa shape index (κ3) is 7.85. The third-order valence-corrected chi connectivity index (χ3v) is 5.58. The molecular formula is C27H35F2N3O3. The maximum Gasteiger partial charge on any atom is 0.227 e. The predicted octanol–water partition coefficient (Wildman–Crippen LogP) is 5.64. The maximum atomic E-state index is 13.5. The number of aliphatic hydroxyl groups excluding tert-OH is 1. The fraction of sp³-hybridized carbons (Fsp3) is 0.444. The molecule has 35 heavy (non-hydrogen) atoms. The topological polar surface area (TPSA) is 59.8 Å². The van der Waals surface area contributed by atoms with E-state index in [0.29, 0.717) is 37.0 Å². The molecule has 0 aliphatic rings. The summed E-state index contributed by atoms with van der Waals surface area (Å²) in [6, 6.07) is 11.8. The van der Waals surface area contributed by atoms with Crippen LogP contribution < -0.4 is 4.74 Å². The molecule has 0 saturated heterocycles. The number of rotatable bonds is 14. The van der Waals surface area contributed by atoms with Crippen LogP contribution in [0.3, 0.4) is 0 Å². The van der Waals surface area contributed by atoms with Gasteiger partial charge in [-0.2, -0.15) is 5.10 Å². The number of aromatic nitrogens is 2. The molecular weight excluding hydrogens is 452 g/mol. The van der Waals surface area contributed by atoms with E-state index >= 15 is 0 Å². The molecule has 3 rings (SSSR count). The van der Waals surface area contributed by atoms with E-state index in [4.69, 9.17) is 9.47 Å². The fourth-order valence-corrected chi connectivity index (χ4v) is 3.79. The SMILES string of the molecule is CCCCOCC(O)CN(CCC)Cc1c(C)nn(-c2ccc(F)cc2)c1Oc1ccc(F)cc1. The molecule has 1 unspecified atom stereocenters. The molecule has 2 aromatic carbocycles. The number of hydrogen-bond acceptors (Lipinski definition) is 5. The fourth-order valence-electron chi connectivity index (χ4n) is 3.79. The van der Waals surface area contributed by atoms with Crippen molar-refractivity contribution in [2.45, 2.75) is 52.7 Å². The summed E-state index contributed by atoms with van der Waals surface area (Å²) in [5.41, 5.74) is 2.23. The zero-order valence-corrected chi connectivity index (χ0v) is 20.7. The van der Waals surface area contributed by atoms with Crippen molar-refractivity contribution < 1.29 is 23.4 Å². The van der Waals surface area contributed by atoms with E-state index in [1.165, 1.54) is 24.3 Å². The summed E-state index contributed by atoms with van der Waals surface area (Å²) in [4.78, 5) is 2.14. The first kappa shape index (κ1) is 26.8. The number of aryl methyl sites for hydroxylation is 1. The Balaban J connectivity index is 1.88. The monoisotopic (exact) mass is 487 g/mol. The van der Waals surface area contributed by atoms with Gasteiger partial charge in [-0.3, -0.25) is 4.90 Å². The molecule has 0 fully saturated rings. The van der Waals surface area contributed by atoms with Crippen LogP contribution in [-0.2, 0) is 11.3 Å². The van der Waals surface area contributed by atoms with Crippen molar-refractivity contribution in [3.05, 3.63) is 71.4 Å². The third-order valence-electron chi connectivity index (χ3n) is 5.58.